The lowest BCUT2D eigenvalue weighted by molar-refractivity contribution is 0.302. The molecule has 0 aromatic heterocycles. The summed E-state index contributed by atoms with van der Waals surface area (Å²) in [4.78, 5) is 0. The zero-order valence-electron chi connectivity index (χ0n) is 11.2. The van der Waals surface area contributed by atoms with Crippen molar-refractivity contribution in [3.63, 3.8) is 0 Å². The van der Waals surface area contributed by atoms with Gasteiger partial charge in [0.2, 0.25) is 0 Å². The lowest BCUT2D eigenvalue weighted by Crippen LogP contribution is -2.00. The number of ether oxygens (including phenoxy) is 1. The van der Waals surface area contributed by atoms with Gasteiger partial charge >= 0.3 is 0 Å². The van der Waals surface area contributed by atoms with Crippen molar-refractivity contribution in [3.05, 3.63) is 63.4 Å². The summed E-state index contributed by atoms with van der Waals surface area (Å²) in [5.41, 5.74) is 3.10. The predicted octanol–water partition coefficient (Wildman–Crippen LogP) is 4.55. The zero-order valence-corrected chi connectivity index (χ0v) is 12.0. The number of nitriles is 1. The van der Waals surface area contributed by atoms with Gasteiger partial charge in [-0.2, -0.15) is 5.26 Å². The van der Waals surface area contributed by atoms with Gasteiger partial charge in [0.05, 0.1) is 16.7 Å². The maximum atomic E-state index is 13.0. The molecule has 0 saturated carbocycles. The molecule has 2 nitrogen and oxygen atoms in total. The molecule has 0 spiro atoms. The van der Waals surface area contributed by atoms with E-state index in [1.807, 2.05) is 13.8 Å². The SMILES string of the molecule is Cc1cc(C#N)cc(C)c1OCc1ccc(F)cc1Cl. The number of aryl methyl sites for hydroxylation is 2. The largest absolute Gasteiger partial charge is 0.488 e. The molecule has 0 aliphatic rings. The van der Waals surface area contributed by atoms with E-state index in [2.05, 4.69) is 6.07 Å². The molecule has 0 saturated heterocycles. The number of benzene rings is 2. The molecule has 0 fully saturated rings. The van der Waals surface area contributed by atoms with Crippen LogP contribution in [0.1, 0.15) is 22.3 Å². The summed E-state index contributed by atoms with van der Waals surface area (Å²) in [6.07, 6.45) is 0. The van der Waals surface area contributed by atoms with Gasteiger partial charge in [0.15, 0.2) is 0 Å². The second kappa shape index (κ2) is 5.94. The number of hydrogen-bond acceptors (Lipinski definition) is 2. The lowest BCUT2D eigenvalue weighted by atomic mass is 10.1. The topological polar surface area (TPSA) is 33.0 Å². The molecule has 0 radical (unpaired) electrons. The van der Waals surface area contributed by atoms with Gasteiger partial charge in [0.1, 0.15) is 18.2 Å². The van der Waals surface area contributed by atoms with Crippen LogP contribution >= 0.6 is 11.6 Å². The second-order valence-corrected chi connectivity index (χ2v) is 4.98. The Labute approximate surface area is 122 Å². The molecular weight excluding hydrogens is 277 g/mol. The maximum Gasteiger partial charge on any atom is 0.125 e. The number of halogens is 2. The molecule has 102 valence electrons. The van der Waals surface area contributed by atoms with E-state index in [0.29, 0.717) is 10.6 Å². The molecule has 20 heavy (non-hydrogen) atoms. The Morgan fingerprint density at radius 3 is 2.40 bits per heavy atom. The van der Waals surface area contributed by atoms with Crippen LogP contribution in [0.15, 0.2) is 30.3 Å². The van der Waals surface area contributed by atoms with Crippen molar-refractivity contribution >= 4 is 11.6 Å². The van der Waals surface area contributed by atoms with Crippen molar-refractivity contribution < 1.29 is 9.13 Å². The maximum absolute atomic E-state index is 13.0. The summed E-state index contributed by atoms with van der Waals surface area (Å²) in [5, 5.41) is 9.25. The van der Waals surface area contributed by atoms with E-state index in [4.69, 9.17) is 21.6 Å². The highest BCUT2D eigenvalue weighted by Crippen LogP contribution is 2.27. The van der Waals surface area contributed by atoms with Crippen molar-refractivity contribution in [3.8, 4) is 11.8 Å². The van der Waals surface area contributed by atoms with Crippen LogP contribution in [-0.4, -0.2) is 0 Å². The summed E-state index contributed by atoms with van der Waals surface area (Å²) in [6.45, 7) is 4.03. The van der Waals surface area contributed by atoms with Crippen molar-refractivity contribution in [2.45, 2.75) is 20.5 Å². The Hall–Kier alpha value is -2.05. The smallest absolute Gasteiger partial charge is 0.125 e. The molecule has 0 aliphatic heterocycles. The lowest BCUT2D eigenvalue weighted by Gasteiger charge is -2.13. The van der Waals surface area contributed by atoms with Crippen LogP contribution in [0.5, 0.6) is 5.75 Å². The molecular formula is C16H13ClFNO. The number of hydrogen-bond donors (Lipinski definition) is 0. The average molecular weight is 290 g/mol. The highest BCUT2D eigenvalue weighted by Gasteiger charge is 2.08. The Kier molecular flexibility index (Phi) is 4.26. The van der Waals surface area contributed by atoms with E-state index in [9.17, 15) is 4.39 Å². The van der Waals surface area contributed by atoms with Crippen molar-refractivity contribution in [2.75, 3.05) is 0 Å². The fraction of sp³-hybridized carbons (Fsp3) is 0.188. The van der Waals surface area contributed by atoms with E-state index < -0.39 is 0 Å². The standard InChI is InChI=1S/C16H13ClFNO/c1-10-5-12(8-19)6-11(2)16(10)20-9-13-3-4-14(18)7-15(13)17/h3-7H,9H2,1-2H3. The monoisotopic (exact) mass is 289 g/mol. The quantitative estimate of drug-likeness (QED) is 0.830. The van der Waals surface area contributed by atoms with Crippen LogP contribution in [0.25, 0.3) is 0 Å². The van der Waals surface area contributed by atoms with Crippen molar-refractivity contribution in [1.29, 1.82) is 5.26 Å². The summed E-state index contributed by atoms with van der Waals surface area (Å²) < 4.78 is 18.7. The first-order valence-electron chi connectivity index (χ1n) is 6.09. The summed E-state index contributed by atoms with van der Waals surface area (Å²) in [6, 6.07) is 9.87. The third kappa shape index (κ3) is 3.09. The molecule has 0 bridgehead atoms. The van der Waals surface area contributed by atoms with Crippen LogP contribution in [0.2, 0.25) is 5.02 Å². The molecule has 0 atom stereocenters. The fourth-order valence-corrected chi connectivity index (χ4v) is 2.25. The van der Waals surface area contributed by atoms with Gasteiger partial charge in [-0.25, -0.2) is 4.39 Å². The molecule has 4 heteroatoms. The van der Waals surface area contributed by atoms with E-state index in [0.717, 1.165) is 22.4 Å². The van der Waals surface area contributed by atoms with Gasteiger partial charge in [-0.05, 0) is 49.2 Å². The molecule has 0 unspecified atom stereocenters. The van der Waals surface area contributed by atoms with Crippen molar-refractivity contribution in [1.82, 2.24) is 0 Å². The summed E-state index contributed by atoms with van der Waals surface area (Å²) >= 11 is 5.96. The van der Waals surface area contributed by atoms with Gasteiger partial charge in [-0.1, -0.05) is 17.7 Å². The minimum atomic E-state index is -0.371. The zero-order chi connectivity index (χ0) is 14.7. The minimum absolute atomic E-state index is 0.257. The van der Waals surface area contributed by atoms with Gasteiger partial charge in [0.25, 0.3) is 0 Å². The third-order valence-electron chi connectivity index (χ3n) is 2.98. The molecule has 0 aliphatic carbocycles. The molecule has 2 aromatic rings. The van der Waals surface area contributed by atoms with Crippen LogP contribution < -0.4 is 4.74 Å². The minimum Gasteiger partial charge on any atom is -0.488 e. The normalized spacial score (nSPS) is 10.2. The first-order chi connectivity index (χ1) is 9.51. The average Bonchev–Trinajstić information content (AvgIpc) is 2.39. The predicted molar refractivity (Wildman–Crippen MR) is 76.4 cm³/mol. The Bertz CT molecular complexity index is 668. The summed E-state index contributed by atoms with van der Waals surface area (Å²) in [5.74, 6) is 0.355. The molecule has 2 rings (SSSR count). The van der Waals surface area contributed by atoms with Crippen LogP contribution in [0.3, 0.4) is 0 Å². The molecule has 2 aromatic carbocycles. The van der Waals surface area contributed by atoms with Gasteiger partial charge in [-0.15, -0.1) is 0 Å². The highest BCUT2D eigenvalue weighted by molar-refractivity contribution is 6.31. The van der Waals surface area contributed by atoms with Crippen LogP contribution in [0.4, 0.5) is 4.39 Å². The Morgan fingerprint density at radius 1 is 1.20 bits per heavy atom. The van der Waals surface area contributed by atoms with E-state index >= 15 is 0 Å². The fourth-order valence-electron chi connectivity index (χ4n) is 2.03. The molecule has 0 heterocycles. The first-order valence-corrected chi connectivity index (χ1v) is 6.47. The van der Waals surface area contributed by atoms with Crippen LogP contribution in [0, 0.1) is 31.0 Å². The van der Waals surface area contributed by atoms with Gasteiger partial charge < -0.3 is 4.74 Å². The summed E-state index contributed by atoms with van der Waals surface area (Å²) in [7, 11) is 0. The highest BCUT2D eigenvalue weighted by atomic mass is 35.5. The number of nitrogens with zero attached hydrogens (tertiary/aromatic N) is 1. The van der Waals surface area contributed by atoms with E-state index in [1.165, 1.54) is 12.1 Å². The molecule has 0 amide bonds. The van der Waals surface area contributed by atoms with Gasteiger partial charge in [-0.3, -0.25) is 0 Å². The second-order valence-electron chi connectivity index (χ2n) is 4.58. The first kappa shape index (κ1) is 14.4. The Balaban J connectivity index is 2.21. The third-order valence-corrected chi connectivity index (χ3v) is 3.33. The Morgan fingerprint density at radius 2 is 1.85 bits per heavy atom. The van der Waals surface area contributed by atoms with E-state index in [-0.39, 0.29) is 12.4 Å². The molecule has 0 N–H and O–H groups in total. The van der Waals surface area contributed by atoms with E-state index in [1.54, 1.807) is 18.2 Å². The number of rotatable bonds is 3. The van der Waals surface area contributed by atoms with Crippen molar-refractivity contribution in [2.24, 2.45) is 0 Å². The van der Waals surface area contributed by atoms with Gasteiger partial charge in [0, 0.05) is 5.56 Å². The van der Waals surface area contributed by atoms with Crippen LogP contribution in [-0.2, 0) is 6.61 Å².